The standard InChI is InChI=1S/C16H20N2O2S/c1-12(2)14-6-8-16(9-7-14)18-21(19,20)11-13-4-3-5-15(17)10-13/h3-10,12,18H,11,17H2,1-2H3. The van der Waals surface area contributed by atoms with Crippen LogP contribution in [0.3, 0.4) is 0 Å². The maximum Gasteiger partial charge on any atom is 0.236 e. The van der Waals surface area contributed by atoms with Crippen LogP contribution in [0.15, 0.2) is 48.5 Å². The van der Waals surface area contributed by atoms with E-state index in [1.807, 2.05) is 12.1 Å². The molecule has 0 unspecified atom stereocenters. The first-order valence-corrected chi connectivity index (χ1v) is 8.46. The van der Waals surface area contributed by atoms with Gasteiger partial charge in [-0.2, -0.15) is 0 Å². The van der Waals surface area contributed by atoms with Gasteiger partial charge in [0.25, 0.3) is 0 Å². The molecule has 21 heavy (non-hydrogen) atoms. The summed E-state index contributed by atoms with van der Waals surface area (Å²) in [7, 11) is -3.44. The number of benzene rings is 2. The van der Waals surface area contributed by atoms with Gasteiger partial charge in [-0.15, -0.1) is 0 Å². The Labute approximate surface area is 126 Å². The number of nitrogens with one attached hydrogen (secondary N) is 1. The van der Waals surface area contributed by atoms with Crippen LogP contribution in [-0.2, 0) is 15.8 Å². The molecule has 3 N–H and O–H groups in total. The van der Waals surface area contributed by atoms with Crippen molar-refractivity contribution in [2.75, 3.05) is 10.5 Å². The lowest BCUT2D eigenvalue weighted by Gasteiger charge is -2.10. The molecule has 0 heterocycles. The molecule has 0 spiro atoms. The Bertz CT molecular complexity index is 707. The molecule has 2 aromatic carbocycles. The van der Waals surface area contributed by atoms with Crippen LogP contribution >= 0.6 is 0 Å². The van der Waals surface area contributed by atoms with Crippen LogP contribution in [0.5, 0.6) is 0 Å². The van der Waals surface area contributed by atoms with Crippen molar-refractivity contribution in [3.63, 3.8) is 0 Å². The molecular weight excluding hydrogens is 284 g/mol. The van der Waals surface area contributed by atoms with E-state index >= 15 is 0 Å². The fraction of sp³-hybridized carbons (Fsp3) is 0.250. The Kier molecular flexibility index (Phi) is 4.53. The lowest BCUT2D eigenvalue weighted by Crippen LogP contribution is -2.15. The predicted molar refractivity (Wildman–Crippen MR) is 87.6 cm³/mol. The second-order valence-electron chi connectivity index (χ2n) is 5.38. The first kappa shape index (κ1) is 15.4. The van der Waals surface area contributed by atoms with Gasteiger partial charge in [0, 0.05) is 11.4 Å². The largest absolute Gasteiger partial charge is 0.399 e. The zero-order valence-corrected chi connectivity index (χ0v) is 13.0. The second-order valence-corrected chi connectivity index (χ2v) is 7.11. The Balaban J connectivity index is 2.10. The average molecular weight is 304 g/mol. The van der Waals surface area contributed by atoms with Crippen LogP contribution < -0.4 is 10.5 Å². The van der Waals surface area contributed by atoms with E-state index in [2.05, 4.69) is 18.6 Å². The molecule has 112 valence electrons. The van der Waals surface area contributed by atoms with E-state index in [0.29, 0.717) is 22.9 Å². The molecule has 5 heteroatoms. The second kappa shape index (κ2) is 6.18. The number of hydrogen-bond donors (Lipinski definition) is 2. The molecule has 0 saturated carbocycles. The zero-order chi connectivity index (χ0) is 15.5. The fourth-order valence-electron chi connectivity index (χ4n) is 2.05. The first-order chi connectivity index (χ1) is 9.85. The highest BCUT2D eigenvalue weighted by Crippen LogP contribution is 2.19. The fourth-order valence-corrected chi connectivity index (χ4v) is 3.24. The zero-order valence-electron chi connectivity index (χ0n) is 12.2. The van der Waals surface area contributed by atoms with E-state index < -0.39 is 10.0 Å². The quantitative estimate of drug-likeness (QED) is 0.832. The van der Waals surface area contributed by atoms with Gasteiger partial charge in [-0.1, -0.05) is 38.1 Å². The van der Waals surface area contributed by atoms with Crippen molar-refractivity contribution in [3.8, 4) is 0 Å². The number of nitrogens with two attached hydrogens (primary N) is 1. The third-order valence-corrected chi connectivity index (χ3v) is 4.42. The molecule has 0 aromatic heterocycles. The molecule has 0 aliphatic carbocycles. The van der Waals surface area contributed by atoms with Crippen LogP contribution in [0.25, 0.3) is 0 Å². The Morgan fingerprint density at radius 2 is 1.76 bits per heavy atom. The van der Waals surface area contributed by atoms with Crippen LogP contribution in [0, 0.1) is 0 Å². The molecule has 0 amide bonds. The summed E-state index contributed by atoms with van der Waals surface area (Å²) < 4.78 is 26.9. The lowest BCUT2D eigenvalue weighted by atomic mass is 10.0. The molecular formula is C16H20N2O2S. The van der Waals surface area contributed by atoms with E-state index in [1.54, 1.807) is 36.4 Å². The van der Waals surface area contributed by atoms with Gasteiger partial charge in [-0.05, 0) is 41.3 Å². The minimum absolute atomic E-state index is 0.0933. The van der Waals surface area contributed by atoms with E-state index in [4.69, 9.17) is 5.73 Å². The lowest BCUT2D eigenvalue weighted by molar-refractivity contribution is 0.600. The highest BCUT2D eigenvalue weighted by atomic mass is 32.2. The molecule has 0 saturated heterocycles. The van der Waals surface area contributed by atoms with E-state index in [0.717, 1.165) is 0 Å². The SMILES string of the molecule is CC(C)c1ccc(NS(=O)(=O)Cc2cccc(N)c2)cc1. The van der Waals surface area contributed by atoms with Crippen molar-refractivity contribution in [2.45, 2.75) is 25.5 Å². The normalized spacial score (nSPS) is 11.6. The topological polar surface area (TPSA) is 72.2 Å². The van der Waals surface area contributed by atoms with Gasteiger partial charge in [-0.3, -0.25) is 4.72 Å². The molecule has 0 aliphatic rings. The molecule has 4 nitrogen and oxygen atoms in total. The van der Waals surface area contributed by atoms with Gasteiger partial charge >= 0.3 is 0 Å². The van der Waals surface area contributed by atoms with Crippen LogP contribution in [0.4, 0.5) is 11.4 Å². The van der Waals surface area contributed by atoms with Crippen molar-refractivity contribution in [3.05, 3.63) is 59.7 Å². The molecule has 2 rings (SSSR count). The molecule has 0 aliphatic heterocycles. The van der Waals surface area contributed by atoms with Crippen molar-refractivity contribution in [2.24, 2.45) is 0 Å². The van der Waals surface area contributed by atoms with Gasteiger partial charge in [-0.25, -0.2) is 8.42 Å². The highest BCUT2D eigenvalue weighted by Gasteiger charge is 2.12. The van der Waals surface area contributed by atoms with Gasteiger partial charge < -0.3 is 5.73 Å². The summed E-state index contributed by atoms with van der Waals surface area (Å²) in [5.74, 6) is 0.326. The van der Waals surface area contributed by atoms with Crippen LogP contribution in [-0.4, -0.2) is 8.42 Å². The minimum atomic E-state index is -3.44. The van der Waals surface area contributed by atoms with Crippen LogP contribution in [0.2, 0.25) is 0 Å². The molecule has 0 radical (unpaired) electrons. The van der Waals surface area contributed by atoms with Gasteiger partial charge in [0.05, 0.1) is 5.75 Å². The van der Waals surface area contributed by atoms with E-state index in [1.165, 1.54) is 5.56 Å². The summed E-state index contributed by atoms with van der Waals surface area (Å²) in [6.45, 7) is 4.19. The minimum Gasteiger partial charge on any atom is -0.399 e. The summed E-state index contributed by atoms with van der Waals surface area (Å²) in [5.41, 5.74) is 8.63. The summed E-state index contributed by atoms with van der Waals surface area (Å²) in [5, 5.41) is 0. The molecule has 0 fully saturated rings. The van der Waals surface area contributed by atoms with Crippen molar-refractivity contribution >= 4 is 21.4 Å². The molecule has 0 bridgehead atoms. The number of nitrogen functional groups attached to an aromatic ring is 1. The smallest absolute Gasteiger partial charge is 0.236 e. The predicted octanol–water partition coefficient (Wildman–Crippen LogP) is 3.33. The van der Waals surface area contributed by atoms with Crippen LogP contribution in [0.1, 0.15) is 30.9 Å². The summed E-state index contributed by atoms with van der Waals surface area (Å²) >= 11 is 0. The van der Waals surface area contributed by atoms with E-state index in [-0.39, 0.29) is 5.75 Å². The monoisotopic (exact) mass is 304 g/mol. The van der Waals surface area contributed by atoms with Crippen molar-refractivity contribution < 1.29 is 8.42 Å². The van der Waals surface area contributed by atoms with Gasteiger partial charge in [0.15, 0.2) is 0 Å². The highest BCUT2D eigenvalue weighted by molar-refractivity contribution is 7.91. The van der Waals surface area contributed by atoms with Crippen molar-refractivity contribution in [1.82, 2.24) is 0 Å². The number of sulfonamides is 1. The third-order valence-electron chi connectivity index (χ3n) is 3.16. The number of hydrogen-bond acceptors (Lipinski definition) is 3. The first-order valence-electron chi connectivity index (χ1n) is 6.80. The summed E-state index contributed by atoms with van der Waals surface area (Å²) in [6.07, 6.45) is 0. The van der Waals surface area contributed by atoms with Gasteiger partial charge in [0.1, 0.15) is 0 Å². The maximum absolute atomic E-state index is 12.1. The van der Waals surface area contributed by atoms with Crippen molar-refractivity contribution in [1.29, 1.82) is 0 Å². The third kappa shape index (κ3) is 4.49. The molecule has 2 aromatic rings. The summed E-state index contributed by atoms with van der Waals surface area (Å²) in [6, 6.07) is 14.3. The number of anilines is 2. The van der Waals surface area contributed by atoms with Gasteiger partial charge in [0.2, 0.25) is 10.0 Å². The molecule has 0 atom stereocenters. The summed E-state index contributed by atoms with van der Waals surface area (Å²) in [4.78, 5) is 0. The Hall–Kier alpha value is -2.01. The Morgan fingerprint density at radius 3 is 2.33 bits per heavy atom. The maximum atomic E-state index is 12.1. The Morgan fingerprint density at radius 1 is 1.10 bits per heavy atom. The number of rotatable bonds is 5. The average Bonchev–Trinajstić information content (AvgIpc) is 2.38. The van der Waals surface area contributed by atoms with E-state index in [9.17, 15) is 8.42 Å².